The zero-order valence-electron chi connectivity index (χ0n) is 17.9. The average Bonchev–Trinajstić information content (AvgIpc) is 3.15. The van der Waals surface area contributed by atoms with Crippen molar-refractivity contribution in [1.29, 1.82) is 0 Å². The molecule has 0 unspecified atom stereocenters. The number of anilines is 1. The molecule has 0 aliphatic carbocycles. The van der Waals surface area contributed by atoms with Gasteiger partial charge >= 0.3 is 0 Å². The number of carbonyl (C=O) groups excluding carboxylic acids is 1. The second-order valence-corrected chi connectivity index (χ2v) is 8.33. The van der Waals surface area contributed by atoms with Gasteiger partial charge in [0.15, 0.2) is 5.13 Å². The second kappa shape index (κ2) is 9.37. The number of carbonyl (C=O) groups is 1. The van der Waals surface area contributed by atoms with Crippen molar-refractivity contribution in [1.82, 2.24) is 4.98 Å². The first-order valence-corrected chi connectivity index (χ1v) is 11.0. The van der Waals surface area contributed by atoms with E-state index in [9.17, 15) is 4.79 Å². The Kier molecular flexibility index (Phi) is 6.87. The molecule has 0 atom stereocenters. The summed E-state index contributed by atoms with van der Waals surface area (Å²) < 4.78 is 6.43. The zero-order valence-corrected chi connectivity index (χ0v) is 18.7. The number of likely N-dealkylation sites (N-methyl/N-ethyl adjacent to an activating group) is 1. The Balaban J connectivity index is 2.00. The van der Waals surface area contributed by atoms with Gasteiger partial charge in [-0.25, -0.2) is 4.98 Å². The van der Waals surface area contributed by atoms with E-state index in [1.807, 2.05) is 23.1 Å². The number of aromatic nitrogens is 1. The van der Waals surface area contributed by atoms with E-state index in [1.165, 1.54) is 10.5 Å². The highest BCUT2D eigenvalue weighted by molar-refractivity contribution is 7.22. The average molecular weight is 413 g/mol. The molecule has 0 bridgehead atoms. The van der Waals surface area contributed by atoms with E-state index in [0.717, 1.165) is 40.5 Å². The zero-order chi connectivity index (χ0) is 21.0. The van der Waals surface area contributed by atoms with Crippen molar-refractivity contribution in [3.8, 4) is 5.75 Å². The molecule has 1 amide bonds. The lowest BCUT2D eigenvalue weighted by Gasteiger charge is -2.23. The fourth-order valence-corrected chi connectivity index (χ4v) is 4.71. The minimum Gasteiger partial charge on any atom is -0.497 e. The number of quaternary nitrogens is 1. The van der Waals surface area contributed by atoms with E-state index in [4.69, 9.17) is 9.72 Å². The molecule has 0 saturated heterocycles. The van der Waals surface area contributed by atoms with Gasteiger partial charge in [0.05, 0.1) is 43.5 Å². The number of amides is 1. The van der Waals surface area contributed by atoms with Crippen LogP contribution >= 0.6 is 11.3 Å². The lowest BCUT2D eigenvalue weighted by atomic mass is 10.1. The highest BCUT2D eigenvalue weighted by Crippen LogP contribution is 2.32. The Hall–Kier alpha value is -2.44. The lowest BCUT2D eigenvalue weighted by molar-refractivity contribution is -0.894. The van der Waals surface area contributed by atoms with Crippen LogP contribution in [-0.2, 0) is 0 Å². The summed E-state index contributed by atoms with van der Waals surface area (Å²) in [5.41, 5.74) is 3.95. The first-order chi connectivity index (χ1) is 14.0. The fourth-order valence-electron chi connectivity index (χ4n) is 3.54. The molecule has 1 N–H and O–H groups in total. The molecule has 1 aromatic heterocycles. The predicted octanol–water partition coefficient (Wildman–Crippen LogP) is 3.49. The highest BCUT2D eigenvalue weighted by atomic mass is 32.1. The van der Waals surface area contributed by atoms with Crippen LogP contribution in [0.25, 0.3) is 10.2 Å². The van der Waals surface area contributed by atoms with Gasteiger partial charge in [0.25, 0.3) is 5.91 Å². The summed E-state index contributed by atoms with van der Waals surface area (Å²) in [7, 11) is 1.61. The van der Waals surface area contributed by atoms with E-state index in [2.05, 4.69) is 39.8 Å². The Morgan fingerprint density at radius 1 is 1.17 bits per heavy atom. The lowest BCUT2D eigenvalue weighted by Crippen LogP contribution is -3.12. The fraction of sp³-hybridized carbons (Fsp3) is 0.391. The van der Waals surface area contributed by atoms with Crippen LogP contribution in [0.4, 0.5) is 5.13 Å². The van der Waals surface area contributed by atoms with Gasteiger partial charge < -0.3 is 9.64 Å². The molecule has 3 aromatic rings. The highest BCUT2D eigenvalue weighted by Gasteiger charge is 2.23. The molecule has 29 heavy (non-hydrogen) atoms. The molecule has 0 spiro atoms. The molecule has 0 aliphatic heterocycles. The predicted molar refractivity (Wildman–Crippen MR) is 121 cm³/mol. The molecule has 0 radical (unpaired) electrons. The third-order valence-corrected chi connectivity index (χ3v) is 6.33. The van der Waals surface area contributed by atoms with Crippen molar-refractivity contribution >= 4 is 32.6 Å². The summed E-state index contributed by atoms with van der Waals surface area (Å²) in [5, 5.41) is 0.757. The summed E-state index contributed by atoms with van der Waals surface area (Å²) >= 11 is 1.59. The molecule has 6 heteroatoms. The monoisotopic (exact) mass is 412 g/mol. The normalized spacial score (nSPS) is 11.2. The largest absolute Gasteiger partial charge is 0.497 e. The molecule has 154 valence electrons. The maximum atomic E-state index is 13.5. The third kappa shape index (κ3) is 4.77. The Labute approximate surface area is 176 Å². The van der Waals surface area contributed by atoms with Gasteiger partial charge in [-0.3, -0.25) is 9.69 Å². The summed E-state index contributed by atoms with van der Waals surface area (Å²) in [6.45, 7) is 12.1. The van der Waals surface area contributed by atoms with Crippen molar-refractivity contribution in [3.05, 3.63) is 53.1 Å². The van der Waals surface area contributed by atoms with Gasteiger partial charge in [0.1, 0.15) is 5.75 Å². The van der Waals surface area contributed by atoms with Crippen LogP contribution in [0, 0.1) is 13.8 Å². The van der Waals surface area contributed by atoms with Crippen LogP contribution in [0.15, 0.2) is 36.4 Å². The third-order valence-electron chi connectivity index (χ3n) is 5.30. The number of hydrogen-bond acceptors (Lipinski definition) is 4. The van der Waals surface area contributed by atoms with Crippen molar-refractivity contribution in [3.63, 3.8) is 0 Å². The quantitative estimate of drug-likeness (QED) is 0.616. The summed E-state index contributed by atoms with van der Waals surface area (Å²) in [4.78, 5) is 21.6. The minimum absolute atomic E-state index is 0.0381. The minimum atomic E-state index is -0.0381. The molecule has 1 heterocycles. The van der Waals surface area contributed by atoms with E-state index in [0.29, 0.717) is 17.9 Å². The van der Waals surface area contributed by atoms with Crippen molar-refractivity contribution in [2.45, 2.75) is 27.7 Å². The summed E-state index contributed by atoms with van der Waals surface area (Å²) in [5.74, 6) is 0.643. The van der Waals surface area contributed by atoms with Gasteiger partial charge in [-0.1, -0.05) is 23.5 Å². The van der Waals surface area contributed by atoms with Crippen LogP contribution in [0.2, 0.25) is 0 Å². The number of methoxy groups -OCH3 is 1. The Morgan fingerprint density at radius 3 is 2.62 bits per heavy atom. The SMILES string of the molecule is CC[NH+](CC)CCN(C(=O)c1cccc(OC)c1)c1nc2c(C)cc(C)cc2s1. The molecule has 0 fully saturated rings. The van der Waals surface area contributed by atoms with Crippen molar-refractivity contribution < 1.29 is 14.4 Å². The number of nitrogens with zero attached hydrogens (tertiary/aromatic N) is 2. The van der Waals surface area contributed by atoms with Gasteiger partial charge in [-0.15, -0.1) is 0 Å². The van der Waals surface area contributed by atoms with E-state index in [1.54, 1.807) is 24.5 Å². The molecule has 2 aromatic carbocycles. The molecule has 5 nitrogen and oxygen atoms in total. The second-order valence-electron chi connectivity index (χ2n) is 7.32. The van der Waals surface area contributed by atoms with Crippen LogP contribution in [0.1, 0.15) is 35.3 Å². The van der Waals surface area contributed by atoms with Crippen molar-refractivity contribution in [2.75, 3.05) is 38.2 Å². The van der Waals surface area contributed by atoms with Crippen molar-refractivity contribution in [2.24, 2.45) is 0 Å². The molecule has 0 aliphatic rings. The number of fused-ring (bicyclic) bond motifs is 1. The van der Waals surface area contributed by atoms with E-state index >= 15 is 0 Å². The van der Waals surface area contributed by atoms with Crippen LogP contribution < -0.4 is 14.5 Å². The maximum absolute atomic E-state index is 13.5. The number of ether oxygens (including phenoxy) is 1. The van der Waals surface area contributed by atoms with Crippen LogP contribution in [0.5, 0.6) is 5.75 Å². The summed E-state index contributed by atoms with van der Waals surface area (Å²) in [6.07, 6.45) is 0. The first kappa shape index (κ1) is 21.3. The van der Waals surface area contributed by atoms with Crippen LogP contribution in [0.3, 0.4) is 0 Å². The number of nitrogens with one attached hydrogen (secondary N) is 1. The molecular weight excluding hydrogens is 382 g/mol. The van der Waals surface area contributed by atoms with Gasteiger partial charge in [-0.2, -0.15) is 0 Å². The number of thiazole rings is 1. The number of benzene rings is 2. The number of rotatable bonds is 8. The maximum Gasteiger partial charge on any atom is 0.260 e. The Bertz CT molecular complexity index is 995. The van der Waals surface area contributed by atoms with Gasteiger partial charge in [0.2, 0.25) is 0 Å². The smallest absolute Gasteiger partial charge is 0.260 e. The Morgan fingerprint density at radius 2 is 1.93 bits per heavy atom. The number of aryl methyl sites for hydroxylation is 2. The molecular formula is C23H30N3O2S+. The van der Waals surface area contributed by atoms with E-state index < -0.39 is 0 Å². The van der Waals surface area contributed by atoms with Gasteiger partial charge in [0, 0.05) is 5.56 Å². The summed E-state index contributed by atoms with van der Waals surface area (Å²) in [6, 6.07) is 11.6. The molecule has 3 rings (SSSR count). The molecule has 0 saturated carbocycles. The first-order valence-electron chi connectivity index (χ1n) is 10.1. The number of hydrogen-bond donors (Lipinski definition) is 1. The van der Waals surface area contributed by atoms with Crippen LogP contribution in [-0.4, -0.2) is 44.2 Å². The standard InChI is InChI=1S/C23H29N3O2S/c1-6-25(7-2)11-12-26(22(27)18-9-8-10-19(15-18)28-5)23-24-21-17(4)13-16(3)14-20(21)29-23/h8-10,13-15H,6-7,11-12H2,1-5H3/p+1. The van der Waals surface area contributed by atoms with Gasteiger partial charge in [-0.05, 0) is 63.1 Å². The topological polar surface area (TPSA) is 46.9 Å². The van der Waals surface area contributed by atoms with E-state index in [-0.39, 0.29) is 5.91 Å².